The van der Waals surface area contributed by atoms with E-state index in [9.17, 15) is 4.79 Å². The van der Waals surface area contributed by atoms with Crippen molar-refractivity contribution >= 4 is 5.97 Å². The van der Waals surface area contributed by atoms with Gasteiger partial charge in [0.15, 0.2) is 0 Å². The van der Waals surface area contributed by atoms with Gasteiger partial charge in [-0.05, 0) is 43.9 Å². The molecule has 14 heavy (non-hydrogen) atoms. The Labute approximate surface area is 85.2 Å². The Morgan fingerprint density at radius 3 is 2.64 bits per heavy atom. The highest BCUT2D eigenvalue weighted by Gasteiger charge is 2.53. The second-order valence-electron chi connectivity index (χ2n) is 4.76. The zero-order chi connectivity index (χ0) is 10.2. The van der Waals surface area contributed by atoms with E-state index in [4.69, 9.17) is 0 Å². The monoisotopic (exact) mass is 197 g/mol. The molecule has 0 amide bonds. The summed E-state index contributed by atoms with van der Waals surface area (Å²) in [5.41, 5.74) is 0.558. The Kier molecular flexibility index (Phi) is 2.52. The molecule has 0 bridgehead atoms. The third-order valence-electron chi connectivity index (χ3n) is 3.65. The lowest BCUT2D eigenvalue weighted by molar-refractivity contribution is -0.142. The van der Waals surface area contributed by atoms with Gasteiger partial charge in [0.1, 0.15) is 6.04 Å². The summed E-state index contributed by atoms with van der Waals surface area (Å²) in [6, 6.07) is -0.156. The van der Waals surface area contributed by atoms with E-state index in [0.29, 0.717) is 5.41 Å². The minimum absolute atomic E-state index is 0.156. The molecule has 0 aromatic carbocycles. The second-order valence-corrected chi connectivity index (χ2v) is 4.76. The first-order valence-electron chi connectivity index (χ1n) is 5.49. The topological polar surface area (TPSA) is 38.3 Å². The van der Waals surface area contributed by atoms with Crippen molar-refractivity contribution in [2.45, 2.75) is 38.6 Å². The molecule has 0 aromatic rings. The van der Waals surface area contributed by atoms with Gasteiger partial charge in [0.25, 0.3) is 0 Å². The molecule has 0 aliphatic heterocycles. The van der Waals surface area contributed by atoms with Crippen LogP contribution in [0.2, 0.25) is 0 Å². The number of hydrogen-bond donors (Lipinski definition) is 1. The maximum absolute atomic E-state index is 11.1. The third-order valence-corrected chi connectivity index (χ3v) is 3.65. The van der Waals surface area contributed by atoms with Gasteiger partial charge in [-0.1, -0.05) is 0 Å². The van der Waals surface area contributed by atoms with Crippen molar-refractivity contribution in [3.05, 3.63) is 0 Å². The first-order chi connectivity index (χ1) is 6.68. The van der Waals surface area contributed by atoms with Gasteiger partial charge in [0.2, 0.25) is 0 Å². The van der Waals surface area contributed by atoms with E-state index in [-0.39, 0.29) is 12.0 Å². The highest BCUT2D eigenvalue weighted by molar-refractivity contribution is 5.75. The number of esters is 1. The molecule has 0 spiro atoms. The molecule has 3 heteroatoms. The van der Waals surface area contributed by atoms with Gasteiger partial charge in [-0.15, -0.1) is 0 Å². The molecule has 2 aliphatic carbocycles. The van der Waals surface area contributed by atoms with Crippen LogP contribution < -0.4 is 5.32 Å². The number of methoxy groups -OCH3 is 1. The fourth-order valence-corrected chi connectivity index (χ4v) is 2.20. The molecular formula is C11H19NO2. The fourth-order valence-electron chi connectivity index (χ4n) is 2.20. The molecule has 2 rings (SSSR count). The van der Waals surface area contributed by atoms with Crippen molar-refractivity contribution in [3.63, 3.8) is 0 Å². The highest BCUT2D eigenvalue weighted by atomic mass is 16.5. The van der Waals surface area contributed by atoms with Crippen molar-refractivity contribution in [1.82, 2.24) is 5.32 Å². The van der Waals surface area contributed by atoms with Crippen LogP contribution >= 0.6 is 0 Å². The number of carbonyl (C=O) groups is 1. The maximum Gasteiger partial charge on any atom is 0.322 e. The van der Waals surface area contributed by atoms with Crippen molar-refractivity contribution in [2.75, 3.05) is 13.7 Å². The van der Waals surface area contributed by atoms with E-state index >= 15 is 0 Å². The SMILES string of the molecule is COC(=O)C(C)NCC1(C2CC2)CC1. The Morgan fingerprint density at radius 2 is 2.21 bits per heavy atom. The predicted molar refractivity (Wildman–Crippen MR) is 53.9 cm³/mol. The number of rotatable bonds is 5. The van der Waals surface area contributed by atoms with Crippen LogP contribution in [-0.2, 0) is 9.53 Å². The lowest BCUT2D eigenvalue weighted by atomic mass is 10.0. The summed E-state index contributed by atoms with van der Waals surface area (Å²) in [6.07, 6.45) is 5.49. The van der Waals surface area contributed by atoms with E-state index in [1.54, 1.807) is 0 Å². The average molecular weight is 197 g/mol. The third kappa shape index (κ3) is 1.92. The van der Waals surface area contributed by atoms with Crippen molar-refractivity contribution in [1.29, 1.82) is 0 Å². The molecular weight excluding hydrogens is 178 g/mol. The van der Waals surface area contributed by atoms with Gasteiger partial charge in [0, 0.05) is 6.54 Å². The van der Waals surface area contributed by atoms with E-state index in [1.165, 1.54) is 32.8 Å². The molecule has 0 aromatic heterocycles. The molecule has 2 fully saturated rings. The number of carbonyl (C=O) groups excluding carboxylic acids is 1. The van der Waals surface area contributed by atoms with Crippen LogP contribution in [-0.4, -0.2) is 25.7 Å². The number of nitrogens with one attached hydrogen (secondary N) is 1. The summed E-state index contributed by atoms with van der Waals surface area (Å²) in [7, 11) is 1.44. The molecule has 1 unspecified atom stereocenters. The van der Waals surface area contributed by atoms with Gasteiger partial charge in [-0.3, -0.25) is 4.79 Å². The van der Waals surface area contributed by atoms with Crippen LogP contribution in [0.3, 0.4) is 0 Å². The first kappa shape index (κ1) is 9.97. The molecule has 3 nitrogen and oxygen atoms in total. The quantitative estimate of drug-likeness (QED) is 0.676. The van der Waals surface area contributed by atoms with E-state index in [0.717, 1.165) is 12.5 Å². The Hall–Kier alpha value is -0.570. The molecule has 0 heterocycles. The van der Waals surface area contributed by atoms with Crippen molar-refractivity contribution in [2.24, 2.45) is 11.3 Å². The van der Waals surface area contributed by atoms with Gasteiger partial charge >= 0.3 is 5.97 Å². The van der Waals surface area contributed by atoms with Crippen LogP contribution in [0.4, 0.5) is 0 Å². The lowest BCUT2D eigenvalue weighted by Gasteiger charge is -2.18. The van der Waals surface area contributed by atoms with Crippen molar-refractivity contribution < 1.29 is 9.53 Å². The van der Waals surface area contributed by atoms with Crippen LogP contribution in [0.5, 0.6) is 0 Å². The van der Waals surface area contributed by atoms with Crippen LogP contribution in [0.1, 0.15) is 32.6 Å². The maximum atomic E-state index is 11.1. The standard InChI is InChI=1S/C11H19NO2/c1-8(10(13)14-2)12-7-11(5-6-11)9-3-4-9/h8-9,12H,3-7H2,1-2H3. The summed E-state index contributed by atoms with van der Waals surface area (Å²) in [5.74, 6) is 0.788. The summed E-state index contributed by atoms with van der Waals surface area (Å²) >= 11 is 0. The zero-order valence-corrected chi connectivity index (χ0v) is 9.01. The van der Waals surface area contributed by atoms with Gasteiger partial charge in [-0.2, -0.15) is 0 Å². The Balaban J connectivity index is 1.74. The fraction of sp³-hybridized carbons (Fsp3) is 0.909. The summed E-state index contributed by atoms with van der Waals surface area (Å²) in [6.45, 7) is 2.86. The van der Waals surface area contributed by atoms with Gasteiger partial charge in [0.05, 0.1) is 7.11 Å². The molecule has 1 N–H and O–H groups in total. The van der Waals surface area contributed by atoms with E-state index in [1.807, 2.05) is 6.92 Å². The first-order valence-corrected chi connectivity index (χ1v) is 5.49. The normalized spacial score (nSPS) is 25.6. The average Bonchev–Trinajstić information content (AvgIpc) is 3.03. The molecule has 80 valence electrons. The molecule has 2 saturated carbocycles. The van der Waals surface area contributed by atoms with Crippen LogP contribution in [0.25, 0.3) is 0 Å². The van der Waals surface area contributed by atoms with Crippen LogP contribution in [0.15, 0.2) is 0 Å². The summed E-state index contributed by atoms with van der Waals surface area (Å²) in [5, 5.41) is 3.28. The smallest absolute Gasteiger partial charge is 0.322 e. The van der Waals surface area contributed by atoms with Gasteiger partial charge in [-0.25, -0.2) is 0 Å². The Bertz CT molecular complexity index is 231. The van der Waals surface area contributed by atoms with E-state index in [2.05, 4.69) is 10.1 Å². The number of hydrogen-bond acceptors (Lipinski definition) is 3. The predicted octanol–water partition coefficient (Wildman–Crippen LogP) is 1.33. The molecule has 0 saturated heterocycles. The van der Waals surface area contributed by atoms with Gasteiger partial charge < -0.3 is 10.1 Å². The lowest BCUT2D eigenvalue weighted by Crippen LogP contribution is -2.38. The van der Waals surface area contributed by atoms with Crippen molar-refractivity contribution in [3.8, 4) is 0 Å². The number of ether oxygens (including phenoxy) is 1. The highest BCUT2D eigenvalue weighted by Crippen LogP contribution is 2.60. The largest absolute Gasteiger partial charge is 0.468 e. The Morgan fingerprint density at radius 1 is 1.57 bits per heavy atom. The zero-order valence-electron chi connectivity index (χ0n) is 9.01. The minimum Gasteiger partial charge on any atom is -0.468 e. The minimum atomic E-state index is -0.156. The van der Waals surface area contributed by atoms with Crippen LogP contribution in [0, 0.1) is 11.3 Å². The molecule has 2 aliphatic rings. The van der Waals surface area contributed by atoms with E-state index < -0.39 is 0 Å². The molecule has 0 radical (unpaired) electrons. The summed E-state index contributed by atoms with van der Waals surface area (Å²) in [4.78, 5) is 11.1. The summed E-state index contributed by atoms with van der Waals surface area (Å²) < 4.78 is 4.67. The second kappa shape index (κ2) is 3.54. The molecule has 1 atom stereocenters.